The fraction of sp³-hybridized carbons (Fsp3) is 0.0455. The molecule has 1 aliphatic heterocycles. The van der Waals surface area contributed by atoms with Crippen molar-refractivity contribution in [2.75, 3.05) is 0 Å². The first-order chi connectivity index (χ1) is 11.2. The standard InChI is InChI=1S/C21H14FN.CH4.Ta/c1-2-15-12-18-20(23-21(18)13-19(15)22)10-8-14-7-9-16-5-3-4-6-17(16)11-14;;/h2-13H,1H2;1H4;/b10-8+;;. The van der Waals surface area contributed by atoms with Gasteiger partial charge in [0.05, 0.1) is 11.4 Å². The topological polar surface area (TPSA) is 12.4 Å². The monoisotopic (exact) mass is 496 g/mol. The summed E-state index contributed by atoms with van der Waals surface area (Å²) in [4.78, 5) is 4.35. The molecule has 0 bridgehead atoms. The van der Waals surface area contributed by atoms with E-state index in [1.807, 2.05) is 24.3 Å². The van der Waals surface area contributed by atoms with E-state index in [4.69, 9.17) is 0 Å². The Bertz CT molecular complexity index is 1000. The van der Waals surface area contributed by atoms with E-state index in [1.165, 1.54) is 22.9 Å². The second kappa shape index (κ2) is 7.75. The fourth-order valence-corrected chi connectivity index (χ4v) is 2.78. The van der Waals surface area contributed by atoms with Crippen LogP contribution >= 0.6 is 0 Å². The molecule has 0 N–H and O–H groups in total. The number of aliphatic imine (C=N–C) groups is 1. The van der Waals surface area contributed by atoms with E-state index in [9.17, 15) is 4.39 Å². The summed E-state index contributed by atoms with van der Waals surface area (Å²) in [6.07, 6.45) is 5.53. The Morgan fingerprint density at radius 1 is 0.920 bits per heavy atom. The maximum absolute atomic E-state index is 13.6. The number of hydrogen-bond acceptors (Lipinski definition) is 1. The van der Waals surface area contributed by atoms with Crippen LogP contribution in [-0.2, 0) is 22.4 Å². The molecule has 0 atom stereocenters. The van der Waals surface area contributed by atoms with Crippen molar-refractivity contribution in [3.63, 3.8) is 0 Å². The third kappa shape index (κ3) is 3.57. The summed E-state index contributed by atoms with van der Waals surface area (Å²) in [5.74, 6) is -0.278. The minimum atomic E-state index is -0.278. The van der Waals surface area contributed by atoms with Crippen molar-refractivity contribution >= 4 is 34.3 Å². The molecule has 0 amide bonds. The number of benzene rings is 3. The van der Waals surface area contributed by atoms with Gasteiger partial charge in [-0.2, -0.15) is 0 Å². The summed E-state index contributed by atoms with van der Waals surface area (Å²) in [7, 11) is 0. The van der Waals surface area contributed by atoms with Gasteiger partial charge < -0.3 is 0 Å². The summed E-state index contributed by atoms with van der Waals surface area (Å²) in [6.45, 7) is 3.64. The molecule has 3 aromatic rings. The molecule has 0 saturated heterocycles. The number of fused-ring (bicyclic) bond motifs is 2. The van der Waals surface area contributed by atoms with Crippen molar-refractivity contribution in [2.45, 2.75) is 7.43 Å². The molecule has 3 aromatic carbocycles. The Morgan fingerprint density at radius 3 is 2.44 bits per heavy atom. The first-order valence-corrected chi connectivity index (χ1v) is 7.46. The molecule has 1 radical (unpaired) electrons. The zero-order valence-corrected chi connectivity index (χ0v) is 16.1. The van der Waals surface area contributed by atoms with Gasteiger partial charge in [-0.05, 0) is 34.5 Å². The molecule has 25 heavy (non-hydrogen) atoms. The van der Waals surface area contributed by atoms with E-state index < -0.39 is 0 Å². The second-order valence-electron chi connectivity index (χ2n) is 5.53. The minimum absolute atomic E-state index is 0. The van der Waals surface area contributed by atoms with Crippen molar-refractivity contribution in [1.29, 1.82) is 0 Å². The Balaban J connectivity index is 0.00000113. The molecule has 0 spiro atoms. The van der Waals surface area contributed by atoms with Crippen LogP contribution < -0.4 is 0 Å². The average molecular weight is 496 g/mol. The van der Waals surface area contributed by atoms with Gasteiger partial charge in [0.25, 0.3) is 0 Å². The van der Waals surface area contributed by atoms with Gasteiger partial charge in [-0.15, -0.1) is 0 Å². The Hall–Kier alpha value is -2.26. The molecule has 0 aliphatic carbocycles. The van der Waals surface area contributed by atoms with Crippen molar-refractivity contribution in [1.82, 2.24) is 0 Å². The van der Waals surface area contributed by atoms with Gasteiger partial charge in [0.2, 0.25) is 0 Å². The third-order valence-electron chi connectivity index (χ3n) is 4.06. The largest absolute Gasteiger partial charge is 0.248 e. The second-order valence-corrected chi connectivity index (χ2v) is 5.53. The van der Waals surface area contributed by atoms with Crippen LogP contribution in [0.25, 0.3) is 22.9 Å². The molecule has 0 aromatic heterocycles. The molecule has 1 aliphatic rings. The minimum Gasteiger partial charge on any atom is -0.248 e. The third-order valence-corrected chi connectivity index (χ3v) is 4.06. The van der Waals surface area contributed by atoms with E-state index in [0.717, 1.165) is 16.8 Å². The zero-order valence-electron chi connectivity index (χ0n) is 12.9. The maximum Gasteiger partial charge on any atom is 0.132 e. The van der Waals surface area contributed by atoms with Gasteiger partial charge in [-0.1, -0.05) is 62.6 Å². The van der Waals surface area contributed by atoms with Crippen LogP contribution in [0.3, 0.4) is 0 Å². The van der Waals surface area contributed by atoms with Gasteiger partial charge in [-0.25, -0.2) is 9.38 Å². The van der Waals surface area contributed by atoms with Crippen LogP contribution in [-0.4, -0.2) is 5.71 Å². The Morgan fingerprint density at radius 2 is 1.68 bits per heavy atom. The molecule has 1 heterocycles. The van der Waals surface area contributed by atoms with Gasteiger partial charge in [0.15, 0.2) is 0 Å². The summed E-state index contributed by atoms with van der Waals surface area (Å²) in [5.41, 5.74) is 4.17. The normalized spacial score (nSPS) is 11.8. The van der Waals surface area contributed by atoms with Gasteiger partial charge in [0, 0.05) is 39.6 Å². The summed E-state index contributed by atoms with van der Waals surface area (Å²) >= 11 is 0. The quantitative estimate of drug-likeness (QED) is 0.398. The van der Waals surface area contributed by atoms with Crippen molar-refractivity contribution in [3.05, 3.63) is 89.8 Å². The first-order valence-electron chi connectivity index (χ1n) is 7.46. The Kier molecular flexibility index (Phi) is 5.91. The van der Waals surface area contributed by atoms with E-state index in [2.05, 4.69) is 41.9 Å². The van der Waals surface area contributed by atoms with Crippen LogP contribution in [0.1, 0.15) is 24.1 Å². The van der Waals surface area contributed by atoms with E-state index in [0.29, 0.717) is 11.3 Å². The SMILES string of the molecule is C.C=Cc1cc2c(cc1F)N=C2/C=C/c1ccc2ccccc2c1.[Ta]. The number of hydrogen-bond donors (Lipinski definition) is 0. The Labute approximate surface area is 163 Å². The fourth-order valence-electron chi connectivity index (χ4n) is 2.78. The van der Waals surface area contributed by atoms with Crippen LogP contribution in [0.4, 0.5) is 10.1 Å². The van der Waals surface area contributed by atoms with Crippen LogP contribution in [0, 0.1) is 5.82 Å². The van der Waals surface area contributed by atoms with Crippen molar-refractivity contribution < 1.29 is 26.8 Å². The molecule has 0 saturated carbocycles. The molecular formula is C22H18FNTa. The molecule has 4 rings (SSSR count). The number of allylic oxidation sites excluding steroid dienone is 1. The zero-order chi connectivity index (χ0) is 15.8. The number of halogens is 1. The van der Waals surface area contributed by atoms with Gasteiger partial charge in [-0.3, -0.25) is 0 Å². The molecule has 0 unspecified atom stereocenters. The molecule has 123 valence electrons. The molecular weight excluding hydrogens is 478 g/mol. The van der Waals surface area contributed by atoms with E-state index >= 15 is 0 Å². The predicted octanol–water partition coefficient (Wildman–Crippen LogP) is 6.40. The summed E-state index contributed by atoms with van der Waals surface area (Å²) in [5, 5.41) is 2.43. The average Bonchev–Trinajstić information content (AvgIpc) is 2.57. The van der Waals surface area contributed by atoms with Crippen LogP contribution in [0.5, 0.6) is 0 Å². The van der Waals surface area contributed by atoms with E-state index in [1.54, 1.807) is 6.07 Å². The maximum atomic E-state index is 13.6. The summed E-state index contributed by atoms with van der Waals surface area (Å²) in [6, 6.07) is 17.9. The summed E-state index contributed by atoms with van der Waals surface area (Å²) < 4.78 is 13.6. The number of nitrogens with zero attached hydrogens (tertiary/aromatic N) is 1. The smallest absolute Gasteiger partial charge is 0.132 e. The first kappa shape index (κ1) is 19.1. The molecule has 0 fully saturated rings. The van der Waals surface area contributed by atoms with Crippen LogP contribution in [0.15, 0.2) is 72.2 Å². The van der Waals surface area contributed by atoms with Gasteiger partial charge >= 0.3 is 0 Å². The van der Waals surface area contributed by atoms with Crippen molar-refractivity contribution in [2.24, 2.45) is 4.99 Å². The predicted molar refractivity (Wildman–Crippen MR) is 102 cm³/mol. The molecule has 1 nitrogen and oxygen atoms in total. The van der Waals surface area contributed by atoms with Crippen molar-refractivity contribution in [3.8, 4) is 0 Å². The number of rotatable bonds is 3. The van der Waals surface area contributed by atoms with Gasteiger partial charge in [0.1, 0.15) is 5.82 Å². The molecule has 3 heteroatoms. The van der Waals surface area contributed by atoms with E-state index in [-0.39, 0.29) is 35.6 Å². The van der Waals surface area contributed by atoms with Crippen LogP contribution in [0.2, 0.25) is 0 Å².